The van der Waals surface area contributed by atoms with Gasteiger partial charge in [0.1, 0.15) is 0 Å². The average molecular weight is 150 g/mol. The molecule has 1 aromatic heterocycles. The van der Waals surface area contributed by atoms with E-state index < -0.39 is 0 Å². The van der Waals surface area contributed by atoms with Crippen molar-refractivity contribution in [1.82, 2.24) is 9.55 Å². The maximum absolute atomic E-state index is 4.14. The van der Waals surface area contributed by atoms with Gasteiger partial charge in [0.15, 0.2) is 0 Å². The van der Waals surface area contributed by atoms with Crippen LogP contribution in [0.5, 0.6) is 0 Å². The molecule has 0 spiro atoms. The highest BCUT2D eigenvalue weighted by molar-refractivity contribution is 5.41. The second-order valence-corrected chi connectivity index (χ2v) is 2.68. The monoisotopic (exact) mass is 150 g/mol. The molecule has 0 saturated carbocycles. The molecule has 0 aromatic carbocycles. The van der Waals surface area contributed by atoms with Crippen LogP contribution in [0.25, 0.3) is 5.70 Å². The molecule has 0 N–H and O–H groups in total. The van der Waals surface area contributed by atoms with Gasteiger partial charge in [0.25, 0.3) is 0 Å². The summed E-state index contributed by atoms with van der Waals surface area (Å²) in [6, 6.07) is 0. The molecule has 0 aliphatic heterocycles. The third-order valence-corrected chi connectivity index (χ3v) is 1.62. The van der Waals surface area contributed by atoms with Crippen LogP contribution < -0.4 is 0 Å². The summed E-state index contributed by atoms with van der Waals surface area (Å²) in [5.74, 6) is 0. The smallest absolute Gasteiger partial charge is 0.0992 e. The van der Waals surface area contributed by atoms with Crippen LogP contribution in [0.2, 0.25) is 0 Å². The molecule has 2 heteroatoms. The van der Waals surface area contributed by atoms with Gasteiger partial charge in [-0.25, -0.2) is 4.98 Å². The maximum atomic E-state index is 4.14. The van der Waals surface area contributed by atoms with Crippen LogP contribution in [-0.4, -0.2) is 9.55 Å². The van der Waals surface area contributed by atoms with Gasteiger partial charge in [-0.15, -0.1) is 0 Å². The first kappa shape index (κ1) is 8.05. The van der Waals surface area contributed by atoms with E-state index in [2.05, 4.69) is 24.9 Å². The van der Waals surface area contributed by atoms with Crippen LogP contribution in [0.15, 0.2) is 18.6 Å². The van der Waals surface area contributed by atoms with Gasteiger partial charge in [0.05, 0.1) is 12.0 Å². The third kappa shape index (κ3) is 1.93. The molecule has 1 heterocycles. The Kier molecular flexibility index (Phi) is 2.47. The van der Waals surface area contributed by atoms with Gasteiger partial charge in [-0.05, 0) is 20.3 Å². The molecular weight excluding hydrogens is 136 g/mol. The van der Waals surface area contributed by atoms with E-state index in [0.29, 0.717) is 0 Å². The molecule has 0 aliphatic carbocycles. The number of nitrogens with zero attached hydrogens (tertiary/aromatic N) is 2. The lowest BCUT2D eigenvalue weighted by Gasteiger charge is -1.98. The lowest BCUT2D eigenvalue weighted by molar-refractivity contribution is 1.05. The van der Waals surface area contributed by atoms with Crippen molar-refractivity contribution in [3.8, 4) is 0 Å². The van der Waals surface area contributed by atoms with Gasteiger partial charge in [-0.1, -0.05) is 13.0 Å². The maximum Gasteiger partial charge on any atom is 0.0992 e. The fourth-order valence-corrected chi connectivity index (χ4v) is 1.01. The number of imidazole rings is 1. The standard InChI is InChI=1S/C9H14N2/c1-4-5-9(3)11-6-8(2)10-7-11/h5-7H,4H2,1-3H3/b9-5+. The minimum absolute atomic E-state index is 1.06. The summed E-state index contributed by atoms with van der Waals surface area (Å²) in [6.07, 6.45) is 7.13. The predicted molar refractivity (Wildman–Crippen MR) is 47.2 cm³/mol. The fraction of sp³-hybridized carbons (Fsp3) is 0.444. The van der Waals surface area contributed by atoms with E-state index in [0.717, 1.165) is 12.1 Å². The van der Waals surface area contributed by atoms with Crippen LogP contribution in [0, 0.1) is 6.92 Å². The molecule has 1 aromatic rings. The summed E-state index contributed by atoms with van der Waals surface area (Å²) in [7, 11) is 0. The Morgan fingerprint density at radius 3 is 2.91 bits per heavy atom. The SMILES string of the molecule is CC/C=C(\C)n1cnc(C)c1. The lowest BCUT2D eigenvalue weighted by Crippen LogP contribution is -1.87. The topological polar surface area (TPSA) is 17.8 Å². The Labute approximate surface area is 67.6 Å². The van der Waals surface area contributed by atoms with Gasteiger partial charge in [-0.2, -0.15) is 0 Å². The van der Waals surface area contributed by atoms with E-state index in [9.17, 15) is 0 Å². The molecule has 1 rings (SSSR count). The number of hydrogen-bond acceptors (Lipinski definition) is 1. The highest BCUT2D eigenvalue weighted by Crippen LogP contribution is 2.04. The van der Waals surface area contributed by atoms with Crippen molar-refractivity contribution in [1.29, 1.82) is 0 Å². The second kappa shape index (κ2) is 3.37. The summed E-state index contributed by atoms with van der Waals surface area (Å²) >= 11 is 0. The van der Waals surface area contributed by atoms with E-state index >= 15 is 0 Å². The molecule has 0 aliphatic rings. The molecule has 0 amide bonds. The Balaban J connectivity index is 2.84. The van der Waals surface area contributed by atoms with Gasteiger partial charge in [-0.3, -0.25) is 0 Å². The molecule has 0 fully saturated rings. The number of rotatable bonds is 2. The normalized spacial score (nSPS) is 12.1. The Hall–Kier alpha value is -1.05. The number of aryl methyl sites for hydroxylation is 1. The summed E-state index contributed by atoms with van der Waals surface area (Å²) in [5, 5.41) is 0. The van der Waals surface area contributed by atoms with Gasteiger partial charge in [0, 0.05) is 11.9 Å². The van der Waals surface area contributed by atoms with Crippen LogP contribution in [0.3, 0.4) is 0 Å². The summed E-state index contributed by atoms with van der Waals surface area (Å²) in [4.78, 5) is 4.14. The molecule has 0 radical (unpaired) electrons. The number of aromatic nitrogens is 2. The number of hydrogen-bond donors (Lipinski definition) is 0. The van der Waals surface area contributed by atoms with Crippen LogP contribution in [-0.2, 0) is 0 Å². The van der Waals surface area contributed by atoms with Gasteiger partial charge >= 0.3 is 0 Å². The molecule has 0 unspecified atom stereocenters. The highest BCUT2D eigenvalue weighted by Gasteiger charge is 1.92. The molecule has 0 saturated heterocycles. The first-order chi connectivity index (χ1) is 5.24. The van der Waals surface area contributed by atoms with Crippen LogP contribution in [0.1, 0.15) is 26.0 Å². The van der Waals surface area contributed by atoms with Crippen LogP contribution >= 0.6 is 0 Å². The van der Waals surface area contributed by atoms with E-state index in [1.54, 1.807) is 0 Å². The van der Waals surface area contributed by atoms with E-state index in [1.165, 1.54) is 5.70 Å². The van der Waals surface area contributed by atoms with Crippen molar-refractivity contribution in [2.75, 3.05) is 0 Å². The molecule has 2 nitrogen and oxygen atoms in total. The van der Waals surface area contributed by atoms with Crippen molar-refractivity contribution in [2.45, 2.75) is 27.2 Å². The molecule has 11 heavy (non-hydrogen) atoms. The second-order valence-electron chi connectivity index (χ2n) is 2.68. The quantitative estimate of drug-likeness (QED) is 0.633. The molecule has 60 valence electrons. The van der Waals surface area contributed by atoms with E-state index in [4.69, 9.17) is 0 Å². The fourth-order valence-electron chi connectivity index (χ4n) is 1.01. The Morgan fingerprint density at radius 1 is 1.73 bits per heavy atom. The zero-order valence-electron chi connectivity index (χ0n) is 7.33. The van der Waals surface area contributed by atoms with Gasteiger partial charge < -0.3 is 4.57 Å². The first-order valence-corrected chi connectivity index (χ1v) is 3.91. The van der Waals surface area contributed by atoms with Crippen molar-refractivity contribution < 1.29 is 0 Å². The van der Waals surface area contributed by atoms with Crippen molar-refractivity contribution >= 4 is 5.70 Å². The summed E-state index contributed by atoms with van der Waals surface area (Å²) in [6.45, 7) is 6.22. The molecular formula is C9H14N2. The zero-order valence-corrected chi connectivity index (χ0v) is 7.33. The third-order valence-electron chi connectivity index (χ3n) is 1.62. The molecule has 0 atom stereocenters. The van der Waals surface area contributed by atoms with Crippen LogP contribution in [0.4, 0.5) is 0 Å². The minimum Gasteiger partial charge on any atom is -0.310 e. The average Bonchev–Trinajstić information content (AvgIpc) is 2.36. The Bertz CT molecular complexity index is 258. The zero-order chi connectivity index (χ0) is 8.27. The number of allylic oxidation sites excluding steroid dienone is 2. The van der Waals surface area contributed by atoms with E-state index in [-0.39, 0.29) is 0 Å². The van der Waals surface area contributed by atoms with Crippen molar-refractivity contribution in [2.24, 2.45) is 0 Å². The van der Waals surface area contributed by atoms with Crippen molar-refractivity contribution in [3.05, 3.63) is 24.3 Å². The van der Waals surface area contributed by atoms with Crippen molar-refractivity contribution in [3.63, 3.8) is 0 Å². The summed E-state index contributed by atoms with van der Waals surface area (Å²) in [5.41, 5.74) is 2.31. The minimum atomic E-state index is 1.06. The molecule has 0 bridgehead atoms. The summed E-state index contributed by atoms with van der Waals surface area (Å²) < 4.78 is 2.04. The largest absolute Gasteiger partial charge is 0.310 e. The highest BCUT2D eigenvalue weighted by atomic mass is 15.0. The Morgan fingerprint density at radius 2 is 2.45 bits per heavy atom. The van der Waals surface area contributed by atoms with Gasteiger partial charge in [0.2, 0.25) is 0 Å². The first-order valence-electron chi connectivity index (χ1n) is 3.91. The van der Waals surface area contributed by atoms with E-state index in [1.807, 2.05) is 24.0 Å². The predicted octanol–water partition coefficient (Wildman–Crippen LogP) is 2.46. The lowest BCUT2D eigenvalue weighted by atomic mass is 10.3.